The number of carbonyl (C=O) groups excluding carboxylic acids is 4. The van der Waals surface area contributed by atoms with Gasteiger partial charge in [0.15, 0.2) is 3.55 Å². The van der Waals surface area contributed by atoms with Gasteiger partial charge >= 0.3 is 6.09 Å². The van der Waals surface area contributed by atoms with Crippen molar-refractivity contribution in [2.75, 3.05) is 6.54 Å². The number of nitrogens with one attached hydrogen (secondary N) is 3. The topological polar surface area (TPSA) is 193 Å². The standard InChI is InChI=1S/C39H50IN5O9S/c1-23-31-26(27-19-25(46)13-14-28(27)41-23)15-16-38(53-31)20-30-32(47)43-39(34(49)44-55(51,52)37(5)17-18-37)24(21-40-39)11-9-7-6-8-10-12-29(33(48)45(30)22-38)42-35(50)54-36(2,3)4/h9,11,13-14,19,21,24,29-30,46H,6-8,10,12,15-18,20,22H2,1-5H3,(H,42,50)(H,43,47)(H,44,49)/b11-9-/t24-,29+,30+,38-,39-/m1/s1. The maximum Gasteiger partial charge on any atom is 0.408 e. The third kappa shape index (κ3) is 7.68. The molecule has 5 heterocycles. The van der Waals surface area contributed by atoms with Crippen molar-refractivity contribution in [2.24, 2.45) is 5.92 Å². The van der Waals surface area contributed by atoms with Crippen molar-refractivity contribution in [3.63, 3.8) is 0 Å². The highest BCUT2D eigenvalue weighted by atomic mass is 127. The van der Waals surface area contributed by atoms with Gasteiger partial charge in [-0.2, -0.15) is 0 Å². The number of aromatic nitrogens is 1. The molecule has 1 spiro atoms. The normalized spacial score (nSPS) is 29.8. The van der Waals surface area contributed by atoms with Crippen LogP contribution < -0.4 is 20.1 Å². The molecule has 0 radical (unpaired) electrons. The lowest BCUT2D eigenvalue weighted by molar-refractivity contribution is -0.141. The van der Waals surface area contributed by atoms with Crippen LogP contribution in [0.25, 0.3) is 10.9 Å². The number of aromatic hydroxyl groups is 1. The van der Waals surface area contributed by atoms with Gasteiger partial charge in [0.2, 0.25) is 21.8 Å². The summed E-state index contributed by atoms with van der Waals surface area (Å²) >= 11 is -1.15. The first kappa shape index (κ1) is 39.4. The van der Waals surface area contributed by atoms with E-state index in [0.29, 0.717) is 61.9 Å². The summed E-state index contributed by atoms with van der Waals surface area (Å²) in [5.41, 5.74) is 0.377. The molecule has 4 N–H and O–H groups in total. The molecule has 5 atom stereocenters. The first-order valence-corrected chi connectivity index (χ1v) is 22.8. The van der Waals surface area contributed by atoms with Gasteiger partial charge in [-0.15, -0.1) is 0 Å². The van der Waals surface area contributed by atoms with Crippen molar-refractivity contribution in [2.45, 2.75) is 130 Å². The minimum absolute atomic E-state index is 0.0177. The first-order chi connectivity index (χ1) is 25.8. The Balaban J connectivity index is 1.25. The van der Waals surface area contributed by atoms with Crippen LogP contribution >= 0.6 is 20.7 Å². The second-order valence-corrected chi connectivity index (χ2v) is 22.0. The highest BCUT2D eigenvalue weighted by Crippen LogP contribution is 2.47. The number of alkyl halides is 1. The summed E-state index contributed by atoms with van der Waals surface area (Å²) in [7, 11) is -4.01. The summed E-state index contributed by atoms with van der Waals surface area (Å²) in [6, 6.07) is 2.86. The Labute approximate surface area is 331 Å². The molecule has 14 nitrogen and oxygen atoms in total. The van der Waals surface area contributed by atoms with E-state index in [-0.39, 0.29) is 18.7 Å². The lowest BCUT2D eigenvalue weighted by Gasteiger charge is -2.41. The van der Waals surface area contributed by atoms with Crippen LogP contribution in [0, 0.1) is 12.8 Å². The monoisotopic (exact) mass is 891 g/mol. The zero-order valence-corrected chi connectivity index (χ0v) is 34.8. The van der Waals surface area contributed by atoms with Gasteiger partial charge in [-0.1, -0.05) is 45.7 Å². The number of alkyl carbamates (subject to hydrolysis) is 1. The highest BCUT2D eigenvalue weighted by Gasteiger charge is 2.58. The number of benzene rings is 1. The predicted molar refractivity (Wildman–Crippen MR) is 214 cm³/mol. The van der Waals surface area contributed by atoms with E-state index in [2.05, 4.69) is 15.4 Å². The average molecular weight is 892 g/mol. The van der Waals surface area contributed by atoms with Gasteiger partial charge in [-0.25, -0.2) is 22.9 Å². The maximum absolute atomic E-state index is 14.8. The van der Waals surface area contributed by atoms with Crippen LogP contribution in [-0.4, -0.2) is 89.4 Å². The van der Waals surface area contributed by atoms with Crippen LogP contribution in [0.4, 0.5) is 4.79 Å². The third-order valence-electron chi connectivity index (χ3n) is 11.3. The van der Waals surface area contributed by atoms with Crippen molar-refractivity contribution in [3.05, 3.63) is 41.6 Å². The molecule has 298 valence electrons. The molecular formula is C39H50IN5O9S. The number of aryl methyl sites for hydroxylation is 2. The van der Waals surface area contributed by atoms with Crippen LogP contribution in [0.1, 0.15) is 96.7 Å². The zero-order chi connectivity index (χ0) is 39.6. The molecular weight excluding hydrogens is 841 g/mol. The number of halogens is 1. The van der Waals surface area contributed by atoms with Gasteiger partial charge in [0.05, 0.1) is 22.5 Å². The predicted octanol–water partition coefficient (Wildman–Crippen LogP) is 4.54. The lowest BCUT2D eigenvalue weighted by Crippen LogP contribution is -2.66. The average Bonchev–Trinajstić information content (AvgIpc) is 3.76. The van der Waals surface area contributed by atoms with Crippen molar-refractivity contribution in [1.82, 2.24) is 25.2 Å². The number of phenols is 1. The smallest absolute Gasteiger partial charge is 0.408 e. The molecule has 5 aliphatic rings. The Kier molecular flexibility index (Phi) is 10.2. The Hall–Kier alpha value is -3.80. The lowest BCUT2D eigenvalue weighted by atomic mass is 9.87. The number of allylic oxidation sites excluding steroid dienone is 1. The molecule has 4 amide bonds. The minimum Gasteiger partial charge on any atom is -0.508 e. The zero-order valence-electron chi connectivity index (χ0n) is 31.9. The largest absolute Gasteiger partial charge is 0.508 e. The molecule has 0 bridgehead atoms. The highest BCUT2D eigenvalue weighted by molar-refractivity contribution is 14.2. The van der Waals surface area contributed by atoms with E-state index in [4.69, 9.17) is 14.5 Å². The number of pyridine rings is 1. The molecule has 2 fully saturated rings. The molecule has 1 saturated heterocycles. The number of rotatable bonds is 4. The van der Waals surface area contributed by atoms with Crippen LogP contribution in [0.5, 0.6) is 11.5 Å². The van der Waals surface area contributed by atoms with Gasteiger partial charge in [0.25, 0.3) is 5.91 Å². The molecule has 1 aromatic heterocycles. The quantitative estimate of drug-likeness (QED) is 0.147. The van der Waals surface area contributed by atoms with Crippen molar-refractivity contribution in [3.8, 4) is 11.5 Å². The van der Waals surface area contributed by atoms with E-state index in [0.717, 1.165) is 23.8 Å². The number of hydrogen-bond donors (Lipinski definition) is 4. The molecule has 55 heavy (non-hydrogen) atoms. The fourth-order valence-electron chi connectivity index (χ4n) is 7.88. The Bertz CT molecular complexity index is 2110. The summed E-state index contributed by atoms with van der Waals surface area (Å²) in [4.78, 5) is 62.9. The van der Waals surface area contributed by atoms with Gasteiger partial charge in [-0.3, -0.25) is 14.4 Å². The molecule has 7 rings (SSSR count). The molecule has 1 saturated carbocycles. The second kappa shape index (κ2) is 14.3. The summed E-state index contributed by atoms with van der Waals surface area (Å²) < 4.78 is 40.7. The van der Waals surface area contributed by atoms with Crippen molar-refractivity contribution in [1.29, 1.82) is 0 Å². The van der Waals surface area contributed by atoms with E-state index >= 15 is 0 Å². The Morgan fingerprint density at radius 2 is 1.91 bits per heavy atom. The van der Waals surface area contributed by atoms with Crippen LogP contribution in [0.2, 0.25) is 0 Å². The number of amides is 4. The summed E-state index contributed by atoms with van der Waals surface area (Å²) in [6.07, 6.45) is 8.15. The molecule has 0 unspecified atom stereocenters. The molecule has 1 aliphatic carbocycles. The molecule has 1 aromatic carbocycles. The minimum atomic E-state index is -4.01. The third-order valence-corrected chi connectivity index (χ3v) is 17.1. The van der Waals surface area contributed by atoms with E-state index < -0.39 is 92.1 Å². The SMILES string of the molecule is Cc1nc2ccc(O)cc2c2c1O[C@]1(CC2)C[C@H]2C(=O)N[C@]3(C(=O)NS(=O)(=O)C4(C)CC4)I=C[C@H]3/C=C\CCCCC[C@H](NC(=O)OC(C)(C)C)C(=O)N2C1. The van der Waals surface area contributed by atoms with Gasteiger partial charge in [0.1, 0.15) is 34.8 Å². The maximum atomic E-state index is 14.8. The van der Waals surface area contributed by atoms with Crippen LogP contribution in [-0.2, 0) is 35.6 Å². The Morgan fingerprint density at radius 1 is 1.15 bits per heavy atom. The van der Waals surface area contributed by atoms with Crippen molar-refractivity contribution < 1.29 is 42.2 Å². The first-order valence-electron chi connectivity index (χ1n) is 19.0. The van der Waals surface area contributed by atoms with Crippen molar-refractivity contribution >= 4 is 69.5 Å². The number of nitrogens with zero attached hydrogens (tertiary/aromatic N) is 2. The van der Waals surface area contributed by atoms with E-state index in [1.54, 1.807) is 45.9 Å². The molecule has 2 aromatic rings. The van der Waals surface area contributed by atoms with E-state index in [1.807, 2.05) is 23.1 Å². The fraction of sp³-hybridized carbons (Fsp3) is 0.590. The van der Waals surface area contributed by atoms with Crippen LogP contribution in [0.15, 0.2) is 30.4 Å². The Morgan fingerprint density at radius 3 is 2.60 bits per heavy atom. The van der Waals surface area contributed by atoms with E-state index in [9.17, 15) is 32.7 Å². The number of fused-ring (bicyclic) bond motifs is 5. The second-order valence-electron chi connectivity index (χ2n) is 16.8. The molecule has 4 aliphatic heterocycles. The van der Waals surface area contributed by atoms with Crippen LogP contribution in [0.3, 0.4) is 0 Å². The number of carbonyl (C=O) groups is 4. The number of ether oxygens (including phenoxy) is 2. The summed E-state index contributed by atoms with van der Waals surface area (Å²) in [5.74, 6) is -1.74. The summed E-state index contributed by atoms with van der Waals surface area (Å²) in [5, 5.41) is 16.8. The number of phenolic OH excluding ortho intramolecular Hbond substituents is 1. The molecule has 16 heteroatoms. The van der Waals surface area contributed by atoms with Gasteiger partial charge < -0.3 is 30.1 Å². The van der Waals surface area contributed by atoms with Gasteiger partial charge in [-0.05, 0) is 102 Å². The van der Waals surface area contributed by atoms with E-state index in [1.165, 1.54) is 4.90 Å². The van der Waals surface area contributed by atoms with Gasteiger partial charge in [0, 0.05) is 23.3 Å². The number of sulfonamides is 1. The fourth-order valence-corrected chi connectivity index (χ4v) is 12.1. The summed E-state index contributed by atoms with van der Waals surface area (Å²) in [6.45, 7) is 8.66. The number of hydrogen-bond acceptors (Lipinski definition) is 10.